The van der Waals surface area contributed by atoms with Gasteiger partial charge in [-0.05, 0) is 30.5 Å². The quantitative estimate of drug-likeness (QED) is 0.894. The second-order valence-corrected chi connectivity index (χ2v) is 5.39. The summed E-state index contributed by atoms with van der Waals surface area (Å²) < 4.78 is 0.948. The zero-order valence-corrected chi connectivity index (χ0v) is 11.9. The molecule has 1 aromatic rings. The van der Waals surface area contributed by atoms with Crippen molar-refractivity contribution in [3.8, 4) is 0 Å². The van der Waals surface area contributed by atoms with Crippen LogP contribution in [0.1, 0.15) is 18.4 Å². The number of carbonyl (C=O) groups excluding carboxylic acids is 1. The highest BCUT2D eigenvalue weighted by Gasteiger charge is 2.33. The van der Waals surface area contributed by atoms with Crippen molar-refractivity contribution < 1.29 is 14.7 Å². The molecule has 0 aliphatic carbocycles. The number of nitrogens with zero attached hydrogens (tertiary/aromatic N) is 1. The van der Waals surface area contributed by atoms with E-state index in [1.807, 2.05) is 24.3 Å². The minimum atomic E-state index is -0.935. The van der Waals surface area contributed by atoms with Gasteiger partial charge in [-0.15, -0.1) is 0 Å². The number of hydrogen-bond acceptors (Lipinski definition) is 2. The fourth-order valence-corrected chi connectivity index (χ4v) is 2.64. The minimum Gasteiger partial charge on any atom is -0.480 e. The Balaban J connectivity index is 1.92. The van der Waals surface area contributed by atoms with Gasteiger partial charge in [-0.2, -0.15) is 0 Å². The Morgan fingerprint density at radius 1 is 1.47 bits per heavy atom. The van der Waals surface area contributed by atoms with E-state index < -0.39 is 12.0 Å². The molecule has 0 aromatic heterocycles. The lowest BCUT2D eigenvalue weighted by atomic mass is 10.2. The number of halogens is 1. The van der Waals surface area contributed by atoms with Gasteiger partial charge in [0.25, 0.3) is 0 Å². The number of urea groups is 1. The largest absolute Gasteiger partial charge is 0.480 e. The molecule has 2 amide bonds. The average molecular weight is 327 g/mol. The Kier molecular flexibility index (Phi) is 4.42. The Bertz CT molecular complexity index is 493. The summed E-state index contributed by atoms with van der Waals surface area (Å²) in [6.45, 7) is 0.891. The Labute approximate surface area is 119 Å². The lowest BCUT2D eigenvalue weighted by molar-refractivity contribution is -0.141. The molecule has 1 aliphatic heterocycles. The molecule has 0 radical (unpaired) electrons. The Hall–Kier alpha value is -1.56. The summed E-state index contributed by atoms with van der Waals surface area (Å²) in [6.07, 6.45) is 1.26. The van der Waals surface area contributed by atoms with Crippen LogP contribution in [0.25, 0.3) is 0 Å². The number of nitrogens with one attached hydrogen (secondary N) is 1. The summed E-state index contributed by atoms with van der Waals surface area (Å²) >= 11 is 3.36. The molecule has 5 nitrogen and oxygen atoms in total. The van der Waals surface area contributed by atoms with Crippen LogP contribution in [0.5, 0.6) is 0 Å². The lowest BCUT2D eigenvalue weighted by Crippen LogP contribution is -2.45. The van der Waals surface area contributed by atoms with E-state index in [1.165, 1.54) is 4.90 Å². The second kappa shape index (κ2) is 6.06. The predicted molar refractivity (Wildman–Crippen MR) is 73.7 cm³/mol. The van der Waals surface area contributed by atoms with Gasteiger partial charge in [0.15, 0.2) is 0 Å². The first kappa shape index (κ1) is 13.9. The number of carboxylic acids is 1. The second-order valence-electron chi connectivity index (χ2n) is 4.48. The first-order valence-electron chi connectivity index (χ1n) is 6.09. The number of carbonyl (C=O) groups is 2. The van der Waals surface area contributed by atoms with Crippen molar-refractivity contribution in [3.63, 3.8) is 0 Å². The van der Waals surface area contributed by atoms with Crippen LogP contribution in [0.4, 0.5) is 4.79 Å². The molecule has 19 heavy (non-hydrogen) atoms. The van der Waals surface area contributed by atoms with Crippen molar-refractivity contribution in [1.29, 1.82) is 0 Å². The molecule has 0 saturated carbocycles. The summed E-state index contributed by atoms with van der Waals surface area (Å²) in [5.74, 6) is -0.935. The van der Waals surface area contributed by atoms with Gasteiger partial charge in [0.05, 0.1) is 0 Å². The van der Waals surface area contributed by atoms with Crippen LogP contribution in [0.2, 0.25) is 0 Å². The smallest absolute Gasteiger partial charge is 0.326 e. The van der Waals surface area contributed by atoms with E-state index >= 15 is 0 Å². The third-order valence-electron chi connectivity index (χ3n) is 3.13. The summed E-state index contributed by atoms with van der Waals surface area (Å²) in [5.41, 5.74) is 0.966. The van der Waals surface area contributed by atoms with Crippen LogP contribution >= 0.6 is 15.9 Å². The number of amides is 2. The van der Waals surface area contributed by atoms with Crippen LogP contribution < -0.4 is 5.32 Å². The SMILES string of the molecule is O=C(O)[C@H]1CCCN1C(=O)NCc1cccc(Br)c1. The molecule has 1 aliphatic rings. The molecule has 102 valence electrons. The van der Waals surface area contributed by atoms with Crippen LogP contribution in [0, 0.1) is 0 Å². The van der Waals surface area contributed by atoms with Gasteiger partial charge >= 0.3 is 12.0 Å². The van der Waals surface area contributed by atoms with Gasteiger partial charge in [-0.1, -0.05) is 28.1 Å². The topological polar surface area (TPSA) is 69.6 Å². The molecular formula is C13H15BrN2O3. The molecule has 1 fully saturated rings. The Morgan fingerprint density at radius 3 is 2.95 bits per heavy atom. The molecule has 1 heterocycles. The fourth-order valence-electron chi connectivity index (χ4n) is 2.19. The van der Waals surface area contributed by atoms with Gasteiger partial charge in [0, 0.05) is 17.6 Å². The molecule has 6 heteroatoms. The van der Waals surface area contributed by atoms with E-state index in [1.54, 1.807) is 0 Å². The highest BCUT2D eigenvalue weighted by Crippen LogP contribution is 2.17. The summed E-state index contributed by atoms with van der Waals surface area (Å²) in [7, 11) is 0. The van der Waals surface area contributed by atoms with Crippen molar-refractivity contribution in [2.24, 2.45) is 0 Å². The highest BCUT2D eigenvalue weighted by atomic mass is 79.9. The molecule has 0 spiro atoms. The van der Waals surface area contributed by atoms with Gasteiger partial charge in [-0.3, -0.25) is 0 Å². The highest BCUT2D eigenvalue weighted by molar-refractivity contribution is 9.10. The van der Waals surface area contributed by atoms with E-state index in [-0.39, 0.29) is 6.03 Å². The number of benzene rings is 1. The number of aliphatic carboxylic acids is 1. The van der Waals surface area contributed by atoms with Crippen molar-refractivity contribution in [2.75, 3.05) is 6.54 Å². The van der Waals surface area contributed by atoms with E-state index in [0.717, 1.165) is 16.5 Å². The molecule has 0 unspecified atom stereocenters. The van der Waals surface area contributed by atoms with Crippen molar-refractivity contribution >= 4 is 27.9 Å². The van der Waals surface area contributed by atoms with Crippen LogP contribution in [-0.2, 0) is 11.3 Å². The molecule has 1 atom stereocenters. The van der Waals surface area contributed by atoms with Crippen LogP contribution in [0.15, 0.2) is 28.7 Å². The van der Waals surface area contributed by atoms with E-state index in [2.05, 4.69) is 21.2 Å². The lowest BCUT2D eigenvalue weighted by Gasteiger charge is -2.21. The standard InChI is InChI=1S/C13H15BrN2O3/c14-10-4-1-3-9(7-10)8-15-13(19)16-6-2-5-11(16)12(17)18/h1,3-4,7,11H,2,5-6,8H2,(H,15,19)(H,17,18)/t11-/m1/s1. The number of likely N-dealkylation sites (tertiary alicyclic amines) is 1. The number of rotatable bonds is 3. The van der Waals surface area contributed by atoms with Gasteiger partial charge < -0.3 is 15.3 Å². The first-order chi connectivity index (χ1) is 9.08. The molecule has 2 N–H and O–H groups in total. The summed E-state index contributed by atoms with van der Waals surface area (Å²) in [5, 5.41) is 11.8. The average Bonchev–Trinajstić information content (AvgIpc) is 2.85. The first-order valence-corrected chi connectivity index (χ1v) is 6.89. The molecule has 1 saturated heterocycles. The van der Waals surface area contributed by atoms with Crippen LogP contribution in [0.3, 0.4) is 0 Å². The molecule has 0 bridgehead atoms. The fraction of sp³-hybridized carbons (Fsp3) is 0.385. The summed E-state index contributed by atoms with van der Waals surface area (Å²) in [4.78, 5) is 24.4. The number of carboxylic acid groups (broad SMARTS) is 1. The van der Waals surface area contributed by atoms with E-state index in [4.69, 9.17) is 5.11 Å². The van der Waals surface area contributed by atoms with E-state index in [9.17, 15) is 9.59 Å². The van der Waals surface area contributed by atoms with Gasteiger partial charge in [-0.25, -0.2) is 9.59 Å². The maximum atomic E-state index is 12.0. The molecular weight excluding hydrogens is 312 g/mol. The zero-order valence-electron chi connectivity index (χ0n) is 10.3. The maximum Gasteiger partial charge on any atom is 0.326 e. The third-order valence-corrected chi connectivity index (χ3v) is 3.62. The molecule has 1 aromatic carbocycles. The monoisotopic (exact) mass is 326 g/mol. The Morgan fingerprint density at radius 2 is 2.26 bits per heavy atom. The minimum absolute atomic E-state index is 0.315. The molecule has 2 rings (SSSR count). The maximum absolute atomic E-state index is 12.0. The van der Waals surface area contributed by atoms with Crippen molar-refractivity contribution in [2.45, 2.75) is 25.4 Å². The number of hydrogen-bond donors (Lipinski definition) is 2. The van der Waals surface area contributed by atoms with Gasteiger partial charge in [0.2, 0.25) is 0 Å². The van der Waals surface area contributed by atoms with E-state index in [0.29, 0.717) is 19.5 Å². The predicted octanol–water partition coefficient (Wildman–Crippen LogP) is 2.21. The third kappa shape index (κ3) is 3.47. The van der Waals surface area contributed by atoms with Crippen molar-refractivity contribution in [1.82, 2.24) is 10.2 Å². The van der Waals surface area contributed by atoms with Gasteiger partial charge in [0.1, 0.15) is 6.04 Å². The normalized spacial score (nSPS) is 18.4. The zero-order chi connectivity index (χ0) is 13.8. The van der Waals surface area contributed by atoms with Crippen molar-refractivity contribution in [3.05, 3.63) is 34.3 Å². The van der Waals surface area contributed by atoms with Crippen LogP contribution in [-0.4, -0.2) is 34.6 Å². The summed E-state index contributed by atoms with van der Waals surface area (Å²) in [6, 6.07) is 6.61.